The number of carbonyl (C=O) groups is 2. The molecule has 0 unspecified atom stereocenters. The molecule has 0 bridgehead atoms. The summed E-state index contributed by atoms with van der Waals surface area (Å²) in [6, 6.07) is 7.27. The molecular weight excluding hydrogens is 252 g/mol. The van der Waals surface area contributed by atoms with Gasteiger partial charge in [0.1, 0.15) is 0 Å². The number of nitrogens with zero attached hydrogens (tertiary/aromatic N) is 1. The van der Waals surface area contributed by atoms with Gasteiger partial charge in [0.05, 0.1) is 11.3 Å². The SMILES string of the molecule is CCCCC(=O)Nc1ccccc1C(=O)N1CCCC1. The van der Waals surface area contributed by atoms with E-state index in [-0.39, 0.29) is 11.8 Å². The van der Waals surface area contributed by atoms with Crippen LogP contribution in [0.1, 0.15) is 49.4 Å². The fourth-order valence-electron chi connectivity index (χ4n) is 2.42. The summed E-state index contributed by atoms with van der Waals surface area (Å²) in [6.07, 6.45) is 4.49. The number of carbonyl (C=O) groups excluding carboxylic acids is 2. The molecule has 1 N–H and O–H groups in total. The third-order valence-corrected chi connectivity index (χ3v) is 3.58. The maximum absolute atomic E-state index is 12.4. The molecule has 1 saturated heterocycles. The van der Waals surface area contributed by atoms with Crippen molar-refractivity contribution < 1.29 is 9.59 Å². The molecular formula is C16H22N2O2. The molecule has 0 radical (unpaired) electrons. The van der Waals surface area contributed by atoms with Crippen molar-refractivity contribution in [3.63, 3.8) is 0 Å². The summed E-state index contributed by atoms with van der Waals surface area (Å²) in [6.45, 7) is 3.69. The highest BCUT2D eigenvalue weighted by Crippen LogP contribution is 2.20. The molecule has 4 nitrogen and oxygen atoms in total. The van der Waals surface area contributed by atoms with Crippen LogP contribution in [-0.4, -0.2) is 29.8 Å². The normalized spacial score (nSPS) is 14.3. The van der Waals surface area contributed by atoms with Crippen LogP contribution in [0, 0.1) is 0 Å². The lowest BCUT2D eigenvalue weighted by Crippen LogP contribution is -2.28. The van der Waals surface area contributed by atoms with E-state index in [1.165, 1.54) is 0 Å². The molecule has 1 aliphatic heterocycles. The number of rotatable bonds is 5. The molecule has 1 fully saturated rings. The summed E-state index contributed by atoms with van der Waals surface area (Å²) in [5.41, 5.74) is 1.23. The summed E-state index contributed by atoms with van der Waals surface area (Å²) in [5, 5.41) is 2.86. The lowest BCUT2D eigenvalue weighted by Gasteiger charge is -2.17. The molecule has 2 rings (SSSR count). The van der Waals surface area contributed by atoms with Crippen molar-refractivity contribution >= 4 is 17.5 Å². The Hall–Kier alpha value is -1.84. The van der Waals surface area contributed by atoms with Gasteiger partial charge in [-0.2, -0.15) is 0 Å². The summed E-state index contributed by atoms with van der Waals surface area (Å²) >= 11 is 0. The predicted octanol–water partition coefficient (Wildman–Crippen LogP) is 3.05. The molecule has 2 amide bonds. The van der Waals surface area contributed by atoms with Crippen LogP contribution in [0.2, 0.25) is 0 Å². The van der Waals surface area contributed by atoms with Crippen LogP contribution >= 0.6 is 0 Å². The predicted molar refractivity (Wildman–Crippen MR) is 79.7 cm³/mol. The molecule has 0 spiro atoms. The minimum Gasteiger partial charge on any atom is -0.339 e. The Morgan fingerprint density at radius 3 is 2.60 bits per heavy atom. The lowest BCUT2D eigenvalue weighted by molar-refractivity contribution is -0.116. The number of amides is 2. The lowest BCUT2D eigenvalue weighted by atomic mass is 10.1. The molecule has 20 heavy (non-hydrogen) atoms. The molecule has 0 saturated carbocycles. The molecule has 0 atom stereocenters. The van der Waals surface area contributed by atoms with E-state index in [1.54, 1.807) is 12.1 Å². The number of anilines is 1. The number of benzene rings is 1. The fourth-order valence-corrected chi connectivity index (χ4v) is 2.42. The Morgan fingerprint density at radius 2 is 1.90 bits per heavy atom. The van der Waals surface area contributed by atoms with Gasteiger partial charge in [-0.15, -0.1) is 0 Å². The van der Waals surface area contributed by atoms with E-state index >= 15 is 0 Å². The maximum atomic E-state index is 12.4. The van der Waals surface area contributed by atoms with E-state index in [4.69, 9.17) is 0 Å². The van der Waals surface area contributed by atoms with E-state index in [0.29, 0.717) is 17.7 Å². The Kier molecular flexibility index (Phi) is 5.16. The van der Waals surface area contributed by atoms with E-state index in [1.807, 2.05) is 17.0 Å². The maximum Gasteiger partial charge on any atom is 0.255 e. The standard InChI is InChI=1S/C16H22N2O2/c1-2-3-10-15(19)17-14-9-5-4-8-13(14)16(20)18-11-6-7-12-18/h4-5,8-9H,2-3,6-7,10-12H2,1H3,(H,17,19). The number of unbranched alkanes of at least 4 members (excludes halogenated alkanes) is 1. The first-order chi connectivity index (χ1) is 9.72. The number of likely N-dealkylation sites (tertiary alicyclic amines) is 1. The van der Waals surface area contributed by atoms with E-state index in [9.17, 15) is 9.59 Å². The van der Waals surface area contributed by atoms with Crippen molar-refractivity contribution in [2.24, 2.45) is 0 Å². The summed E-state index contributed by atoms with van der Waals surface area (Å²) in [7, 11) is 0. The summed E-state index contributed by atoms with van der Waals surface area (Å²) in [4.78, 5) is 26.1. The van der Waals surface area contributed by atoms with Crippen LogP contribution in [0.5, 0.6) is 0 Å². The van der Waals surface area contributed by atoms with E-state index in [0.717, 1.165) is 38.8 Å². The smallest absolute Gasteiger partial charge is 0.255 e. The third kappa shape index (κ3) is 3.59. The number of para-hydroxylation sites is 1. The molecule has 4 heteroatoms. The van der Waals surface area contributed by atoms with Crippen molar-refractivity contribution in [1.82, 2.24) is 4.90 Å². The highest BCUT2D eigenvalue weighted by Gasteiger charge is 2.22. The van der Waals surface area contributed by atoms with Crippen molar-refractivity contribution in [1.29, 1.82) is 0 Å². The van der Waals surface area contributed by atoms with Crippen LogP contribution in [0.25, 0.3) is 0 Å². The molecule has 1 aliphatic rings. The Balaban J connectivity index is 2.09. The monoisotopic (exact) mass is 274 g/mol. The van der Waals surface area contributed by atoms with Crippen LogP contribution in [-0.2, 0) is 4.79 Å². The molecule has 1 heterocycles. The first-order valence-corrected chi connectivity index (χ1v) is 7.40. The van der Waals surface area contributed by atoms with Crippen LogP contribution in [0.4, 0.5) is 5.69 Å². The summed E-state index contributed by atoms with van der Waals surface area (Å²) < 4.78 is 0. The quantitative estimate of drug-likeness (QED) is 0.897. The highest BCUT2D eigenvalue weighted by molar-refractivity contribution is 6.03. The second-order valence-corrected chi connectivity index (χ2v) is 5.20. The number of hydrogen-bond acceptors (Lipinski definition) is 2. The zero-order chi connectivity index (χ0) is 14.4. The molecule has 1 aromatic carbocycles. The minimum absolute atomic E-state index is 0.0199. The fraction of sp³-hybridized carbons (Fsp3) is 0.500. The molecule has 108 valence electrons. The average molecular weight is 274 g/mol. The molecule has 0 aliphatic carbocycles. The largest absolute Gasteiger partial charge is 0.339 e. The molecule has 0 aromatic heterocycles. The zero-order valence-corrected chi connectivity index (χ0v) is 12.0. The highest BCUT2D eigenvalue weighted by atomic mass is 16.2. The van der Waals surface area contributed by atoms with E-state index < -0.39 is 0 Å². The van der Waals surface area contributed by atoms with Crippen molar-refractivity contribution in [2.75, 3.05) is 18.4 Å². The van der Waals surface area contributed by atoms with Crippen LogP contribution in [0.3, 0.4) is 0 Å². The van der Waals surface area contributed by atoms with Gasteiger partial charge < -0.3 is 10.2 Å². The Labute approximate surface area is 120 Å². The first kappa shape index (κ1) is 14.6. The average Bonchev–Trinajstić information content (AvgIpc) is 2.99. The Morgan fingerprint density at radius 1 is 1.20 bits per heavy atom. The third-order valence-electron chi connectivity index (χ3n) is 3.58. The second kappa shape index (κ2) is 7.08. The van der Waals surface area contributed by atoms with Gasteiger partial charge >= 0.3 is 0 Å². The van der Waals surface area contributed by atoms with Crippen molar-refractivity contribution in [3.8, 4) is 0 Å². The van der Waals surface area contributed by atoms with Gasteiger partial charge in [0.15, 0.2) is 0 Å². The number of nitrogens with one attached hydrogen (secondary N) is 1. The van der Waals surface area contributed by atoms with E-state index in [2.05, 4.69) is 12.2 Å². The first-order valence-electron chi connectivity index (χ1n) is 7.40. The summed E-state index contributed by atoms with van der Waals surface area (Å²) in [5.74, 6) is 0.00223. The van der Waals surface area contributed by atoms with Crippen molar-refractivity contribution in [2.45, 2.75) is 39.0 Å². The van der Waals surface area contributed by atoms with Crippen LogP contribution < -0.4 is 5.32 Å². The van der Waals surface area contributed by atoms with Gasteiger partial charge in [0, 0.05) is 19.5 Å². The second-order valence-electron chi connectivity index (χ2n) is 5.20. The zero-order valence-electron chi connectivity index (χ0n) is 12.0. The minimum atomic E-state index is -0.0199. The Bertz CT molecular complexity index is 479. The topological polar surface area (TPSA) is 49.4 Å². The molecule has 1 aromatic rings. The van der Waals surface area contributed by atoms with Gasteiger partial charge in [-0.3, -0.25) is 9.59 Å². The van der Waals surface area contributed by atoms with Gasteiger partial charge in [-0.05, 0) is 31.4 Å². The van der Waals surface area contributed by atoms with Crippen LogP contribution in [0.15, 0.2) is 24.3 Å². The number of hydrogen-bond donors (Lipinski definition) is 1. The van der Waals surface area contributed by atoms with Gasteiger partial charge in [0.25, 0.3) is 5.91 Å². The van der Waals surface area contributed by atoms with Crippen molar-refractivity contribution in [3.05, 3.63) is 29.8 Å². The van der Waals surface area contributed by atoms with Gasteiger partial charge in [-0.25, -0.2) is 0 Å². The van der Waals surface area contributed by atoms with Gasteiger partial charge in [0.2, 0.25) is 5.91 Å². The van der Waals surface area contributed by atoms with Gasteiger partial charge in [-0.1, -0.05) is 25.5 Å².